The average molecular weight is 375 g/mol. The number of carbonyl (C=O) groups is 1. The summed E-state index contributed by atoms with van der Waals surface area (Å²) in [6.45, 7) is 1.97. The molecule has 3 aromatic rings. The third-order valence-electron chi connectivity index (χ3n) is 5.24. The summed E-state index contributed by atoms with van der Waals surface area (Å²) in [6, 6.07) is 15.8. The molecule has 1 fully saturated rings. The lowest BCUT2D eigenvalue weighted by Gasteiger charge is -2.20. The van der Waals surface area contributed by atoms with Gasteiger partial charge in [0.25, 0.3) is 5.91 Å². The van der Waals surface area contributed by atoms with Crippen LogP contribution in [-0.2, 0) is 4.79 Å². The van der Waals surface area contributed by atoms with Crippen LogP contribution in [0.4, 0.5) is 0 Å². The van der Waals surface area contributed by atoms with Crippen molar-refractivity contribution in [3.8, 4) is 17.0 Å². The lowest BCUT2D eigenvalue weighted by atomic mass is 10.1. The van der Waals surface area contributed by atoms with Crippen molar-refractivity contribution in [2.45, 2.75) is 51.2 Å². The van der Waals surface area contributed by atoms with Gasteiger partial charge in [0.15, 0.2) is 6.10 Å². The molecule has 1 aromatic heterocycles. The maximum Gasteiger partial charge on any atom is 0.261 e. The van der Waals surface area contributed by atoms with Crippen molar-refractivity contribution in [1.29, 1.82) is 0 Å². The Morgan fingerprint density at radius 3 is 2.54 bits per heavy atom. The van der Waals surface area contributed by atoms with Gasteiger partial charge >= 0.3 is 0 Å². The van der Waals surface area contributed by atoms with Gasteiger partial charge in [0.05, 0.1) is 22.9 Å². The Hall–Kier alpha value is -2.95. The first-order valence-electron chi connectivity index (χ1n) is 10.0. The molecule has 1 saturated carbocycles. The summed E-state index contributed by atoms with van der Waals surface area (Å²) >= 11 is 0. The highest BCUT2D eigenvalue weighted by Crippen LogP contribution is 2.23. The van der Waals surface area contributed by atoms with Crippen LogP contribution < -0.4 is 10.1 Å². The Bertz CT molecular complexity index is 949. The lowest BCUT2D eigenvalue weighted by molar-refractivity contribution is -0.128. The summed E-state index contributed by atoms with van der Waals surface area (Å²) < 4.78 is 5.95. The summed E-state index contributed by atoms with van der Waals surface area (Å²) in [7, 11) is 0. The number of benzene rings is 2. The molecule has 5 nitrogen and oxygen atoms in total. The average Bonchev–Trinajstić information content (AvgIpc) is 3.25. The zero-order chi connectivity index (χ0) is 19.3. The number of hydrogen-bond donors (Lipinski definition) is 1. The second-order valence-corrected chi connectivity index (χ2v) is 7.27. The molecule has 0 spiro atoms. The standard InChI is InChI=1S/C23H25N3O2/c1-2-22(23(27)25-17-7-3-4-8-17)28-18-13-11-16(12-14-18)21-15-24-19-9-5-6-10-20(19)26-21/h5-6,9-15,17,22H,2-4,7-8H2,1H3,(H,25,27). The zero-order valence-corrected chi connectivity index (χ0v) is 16.1. The van der Waals surface area contributed by atoms with Crippen LogP contribution in [0.15, 0.2) is 54.7 Å². The number of fused-ring (bicyclic) bond motifs is 1. The molecular formula is C23H25N3O2. The van der Waals surface area contributed by atoms with Gasteiger partial charge in [-0.15, -0.1) is 0 Å². The number of nitrogens with one attached hydrogen (secondary N) is 1. The molecule has 2 aromatic carbocycles. The molecule has 4 rings (SSSR count). The van der Waals surface area contributed by atoms with E-state index in [-0.39, 0.29) is 5.91 Å². The lowest BCUT2D eigenvalue weighted by Crippen LogP contribution is -2.42. The first-order chi connectivity index (χ1) is 13.7. The number of rotatable bonds is 6. The van der Waals surface area contributed by atoms with E-state index in [2.05, 4.69) is 15.3 Å². The molecule has 1 atom stereocenters. The van der Waals surface area contributed by atoms with E-state index in [0.29, 0.717) is 18.2 Å². The van der Waals surface area contributed by atoms with Gasteiger partial charge in [0, 0.05) is 11.6 Å². The van der Waals surface area contributed by atoms with Crippen molar-refractivity contribution in [3.05, 3.63) is 54.7 Å². The Kier molecular flexibility index (Phi) is 5.51. The van der Waals surface area contributed by atoms with Crippen molar-refractivity contribution in [3.63, 3.8) is 0 Å². The molecule has 1 unspecified atom stereocenters. The number of nitrogens with zero attached hydrogens (tertiary/aromatic N) is 2. The molecule has 1 aliphatic rings. The van der Waals surface area contributed by atoms with E-state index in [1.165, 1.54) is 12.8 Å². The quantitative estimate of drug-likeness (QED) is 0.688. The summed E-state index contributed by atoms with van der Waals surface area (Å²) in [5, 5.41) is 3.12. The van der Waals surface area contributed by atoms with E-state index in [4.69, 9.17) is 4.74 Å². The van der Waals surface area contributed by atoms with Gasteiger partial charge in [-0.2, -0.15) is 0 Å². The molecule has 1 aliphatic carbocycles. The van der Waals surface area contributed by atoms with Gasteiger partial charge in [-0.3, -0.25) is 9.78 Å². The maximum absolute atomic E-state index is 12.5. The second kappa shape index (κ2) is 8.38. The Balaban J connectivity index is 1.44. The minimum absolute atomic E-state index is 0.0149. The molecule has 5 heteroatoms. The van der Waals surface area contributed by atoms with Crippen molar-refractivity contribution in [2.24, 2.45) is 0 Å². The predicted molar refractivity (Wildman–Crippen MR) is 110 cm³/mol. The van der Waals surface area contributed by atoms with Gasteiger partial charge in [-0.1, -0.05) is 31.9 Å². The van der Waals surface area contributed by atoms with Crippen molar-refractivity contribution < 1.29 is 9.53 Å². The largest absolute Gasteiger partial charge is 0.481 e. The van der Waals surface area contributed by atoms with Gasteiger partial charge in [-0.25, -0.2) is 4.98 Å². The van der Waals surface area contributed by atoms with Crippen LogP contribution in [0.25, 0.3) is 22.3 Å². The molecule has 144 valence electrons. The fraction of sp³-hybridized carbons (Fsp3) is 0.348. The molecular weight excluding hydrogens is 350 g/mol. The summed E-state index contributed by atoms with van der Waals surface area (Å²) in [5.41, 5.74) is 3.53. The second-order valence-electron chi connectivity index (χ2n) is 7.27. The monoisotopic (exact) mass is 375 g/mol. The maximum atomic E-state index is 12.5. The van der Waals surface area contributed by atoms with Crippen LogP contribution >= 0.6 is 0 Å². The van der Waals surface area contributed by atoms with Crippen molar-refractivity contribution >= 4 is 16.9 Å². The molecule has 0 saturated heterocycles. The van der Waals surface area contributed by atoms with Gasteiger partial charge in [-0.05, 0) is 55.7 Å². The summed E-state index contributed by atoms with van der Waals surface area (Å²) in [5.74, 6) is 0.671. The number of para-hydroxylation sites is 2. The highest BCUT2D eigenvalue weighted by atomic mass is 16.5. The molecule has 0 aliphatic heterocycles. The van der Waals surface area contributed by atoms with Crippen molar-refractivity contribution in [1.82, 2.24) is 15.3 Å². The normalized spacial score (nSPS) is 15.5. The highest BCUT2D eigenvalue weighted by molar-refractivity contribution is 5.81. The van der Waals surface area contributed by atoms with E-state index in [9.17, 15) is 4.79 Å². The molecule has 0 bridgehead atoms. The first-order valence-corrected chi connectivity index (χ1v) is 10.0. The van der Waals surface area contributed by atoms with Crippen LogP contribution in [0, 0.1) is 0 Å². The predicted octanol–water partition coefficient (Wildman–Crippen LogP) is 4.51. The Labute approximate surface area is 165 Å². The number of aromatic nitrogens is 2. The number of amides is 1. The summed E-state index contributed by atoms with van der Waals surface area (Å²) in [6.07, 6.45) is 6.49. The van der Waals surface area contributed by atoms with E-state index in [1.54, 1.807) is 6.20 Å². The third-order valence-corrected chi connectivity index (χ3v) is 5.24. The van der Waals surface area contributed by atoms with Gasteiger partial charge in [0.1, 0.15) is 5.75 Å². The SMILES string of the molecule is CCC(Oc1ccc(-c2cnc3ccccc3n2)cc1)C(=O)NC1CCCC1. The van der Waals surface area contributed by atoms with Crippen LogP contribution in [0.2, 0.25) is 0 Å². The highest BCUT2D eigenvalue weighted by Gasteiger charge is 2.23. The number of hydrogen-bond acceptors (Lipinski definition) is 4. The number of ether oxygens (including phenoxy) is 1. The molecule has 1 N–H and O–H groups in total. The van der Waals surface area contributed by atoms with E-state index in [1.807, 2.05) is 55.5 Å². The zero-order valence-electron chi connectivity index (χ0n) is 16.1. The fourth-order valence-electron chi connectivity index (χ4n) is 3.65. The Morgan fingerprint density at radius 1 is 1.11 bits per heavy atom. The first kappa shape index (κ1) is 18.4. The fourth-order valence-corrected chi connectivity index (χ4v) is 3.65. The van der Waals surface area contributed by atoms with Gasteiger partial charge < -0.3 is 10.1 Å². The van der Waals surface area contributed by atoms with E-state index >= 15 is 0 Å². The minimum atomic E-state index is -0.466. The Morgan fingerprint density at radius 2 is 1.82 bits per heavy atom. The third kappa shape index (κ3) is 4.14. The minimum Gasteiger partial charge on any atom is -0.481 e. The van der Waals surface area contributed by atoms with E-state index < -0.39 is 6.10 Å². The van der Waals surface area contributed by atoms with Crippen molar-refractivity contribution in [2.75, 3.05) is 0 Å². The summed E-state index contributed by atoms with van der Waals surface area (Å²) in [4.78, 5) is 21.6. The topological polar surface area (TPSA) is 64.1 Å². The van der Waals surface area contributed by atoms with Crippen LogP contribution in [0.5, 0.6) is 5.75 Å². The smallest absolute Gasteiger partial charge is 0.261 e. The molecule has 1 heterocycles. The van der Waals surface area contributed by atoms with Crippen LogP contribution in [0.1, 0.15) is 39.0 Å². The molecule has 0 radical (unpaired) electrons. The van der Waals surface area contributed by atoms with Crippen LogP contribution in [-0.4, -0.2) is 28.0 Å². The van der Waals surface area contributed by atoms with Crippen LogP contribution in [0.3, 0.4) is 0 Å². The molecule has 28 heavy (non-hydrogen) atoms. The number of carbonyl (C=O) groups excluding carboxylic acids is 1. The van der Waals surface area contributed by atoms with Gasteiger partial charge in [0.2, 0.25) is 0 Å². The molecule has 1 amide bonds. The van der Waals surface area contributed by atoms with E-state index in [0.717, 1.165) is 35.1 Å².